The number of hydrogen-bond acceptors (Lipinski definition) is 7. The molecule has 1 aliphatic rings. The van der Waals surface area contributed by atoms with Gasteiger partial charge in [-0.25, -0.2) is 8.42 Å². The van der Waals surface area contributed by atoms with Crippen LogP contribution in [-0.2, 0) is 28.6 Å². The number of carbonyl (C=O) groups is 1. The van der Waals surface area contributed by atoms with Gasteiger partial charge >= 0.3 is 0 Å². The van der Waals surface area contributed by atoms with Crippen molar-refractivity contribution in [2.75, 3.05) is 43.9 Å². The number of amides is 1. The van der Waals surface area contributed by atoms with Gasteiger partial charge in [0.1, 0.15) is 0 Å². The second kappa shape index (κ2) is 11.4. The molecule has 2 aromatic carbocycles. The molecule has 2 aromatic heterocycles. The van der Waals surface area contributed by atoms with E-state index in [9.17, 15) is 13.2 Å². The first kappa shape index (κ1) is 25.9. The molecular weight excluding hydrogens is 500 g/mol. The molecule has 8 nitrogen and oxygen atoms in total. The number of fused-ring (bicyclic) bond motifs is 1. The van der Waals surface area contributed by atoms with E-state index in [2.05, 4.69) is 32.2 Å². The van der Waals surface area contributed by atoms with Gasteiger partial charge < -0.3 is 14.6 Å². The lowest BCUT2D eigenvalue weighted by molar-refractivity contribution is 0.0925. The molecule has 0 bridgehead atoms. The van der Waals surface area contributed by atoms with E-state index in [1.165, 1.54) is 6.26 Å². The third-order valence-electron chi connectivity index (χ3n) is 6.78. The monoisotopic (exact) mass is 532 g/mol. The predicted octanol–water partition coefficient (Wildman–Crippen LogP) is 3.67. The third kappa shape index (κ3) is 6.59. The number of nitrogens with one attached hydrogen (secondary N) is 1. The summed E-state index contributed by atoms with van der Waals surface area (Å²) in [6.45, 7) is 5.00. The molecular formula is C29H32N4O4S. The molecule has 0 atom stereocenters. The molecule has 38 heavy (non-hydrogen) atoms. The number of rotatable bonds is 9. The van der Waals surface area contributed by atoms with Gasteiger partial charge in [0.15, 0.2) is 21.2 Å². The minimum Gasteiger partial charge on any atom is -0.449 e. The minimum absolute atomic E-state index is 0.00116. The first-order valence-corrected chi connectivity index (χ1v) is 14.8. The van der Waals surface area contributed by atoms with Crippen molar-refractivity contribution in [1.82, 2.24) is 15.2 Å². The lowest BCUT2D eigenvalue weighted by Gasteiger charge is -2.36. The molecule has 0 spiro atoms. The summed E-state index contributed by atoms with van der Waals surface area (Å²) in [5, 5.41) is 3.80. The number of benzene rings is 2. The second-order valence-electron chi connectivity index (χ2n) is 9.78. The normalized spacial score (nSPS) is 14.6. The third-order valence-corrected chi connectivity index (χ3v) is 7.63. The summed E-state index contributed by atoms with van der Waals surface area (Å²) in [4.78, 5) is 22.1. The van der Waals surface area contributed by atoms with Gasteiger partial charge in [-0.2, -0.15) is 0 Å². The highest BCUT2D eigenvalue weighted by molar-refractivity contribution is 7.89. The van der Waals surface area contributed by atoms with Gasteiger partial charge in [0.2, 0.25) is 0 Å². The Bertz CT molecular complexity index is 1490. The van der Waals surface area contributed by atoms with Crippen LogP contribution in [0.1, 0.15) is 27.4 Å². The fourth-order valence-electron chi connectivity index (χ4n) is 4.77. The highest BCUT2D eigenvalue weighted by Crippen LogP contribution is 2.30. The molecule has 3 heterocycles. The van der Waals surface area contributed by atoms with E-state index in [-0.39, 0.29) is 17.4 Å². The van der Waals surface area contributed by atoms with E-state index in [1.807, 2.05) is 42.6 Å². The van der Waals surface area contributed by atoms with Crippen molar-refractivity contribution >= 4 is 32.4 Å². The largest absolute Gasteiger partial charge is 0.449 e. The van der Waals surface area contributed by atoms with Crippen molar-refractivity contribution in [2.45, 2.75) is 18.7 Å². The van der Waals surface area contributed by atoms with E-state index < -0.39 is 9.84 Å². The maximum Gasteiger partial charge on any atom is 0.287 e. The number of pyridine rings is 1. The van der Waals surface area contributed by atoms with E-state index in [1.54, 1.807) is 18.2 Å². The summed E-state index contributed by atoms with van der Waals surface area (Å²) in [6, 6.07) is 21.0. The number of para-hydroxylation sites is 1. The van der Waals surface area contributed by atoms with Crippen LogP contribution in [0.5, 0.6) is 0 Å². The molecule has 1 amide bonds. The van der Waals surface area contributed by atoms with Crippen molar-refractivity contribution in [3.05, 3.63) is 95.5 Å². The summed E-state index contributed by atoms with van der Waals surface area (Å²) in [6.07, 6.45) is 4.00. The average Bonchev–Trinajstić information content (AvgIpc) is 3.36. The minimum atomic E-state index is -3.08. The zero-order valence-electron chi connectivity index (χ0n) is 21.5. The first-order valence-electron chi connectivity index (χ1n) is 12.8. The Balaban J connectivity index is 1.18. The van der Waals surface area contributed by atoms with Crippen molar-refractivity contribution < 1.29 is 17.6 Å². The van der Waals surface area contributed by atoms with Crippen molar-refractivity contribution in [3.63, 3.8) is 0 Å². The maximum absolute atomic E-state index is 12.9. The van der Waals surface area contributed by atoms with Crippen LogP contribution in [0, 0.1) is 0 Å². The van der Waals surface area contributed by atoms with Gasteiger partial charge in [0.25, 0.3) is 5.91 Å². The molecule has 4 aromatic rings. The number of carbonyl (C=O) groups excluding carboxylic acids is 1. The van der Waals surface area contributed by atoms with Crippen molar-refractivity contribution in [3.8, 4) is 0 Å². The molecule has 5 rings (SSSR count). The summed E-state index contributed by atoms with van der Waals surface area (Å²) in [5.74, 6) is -0.0110. The molecule has 1 aliphatic heterocycles. The number of furan rings is 1. The van der Waals surface area contributed by atoms with E-state index >= 15 is 0 Å². The van der Waals surface area contributed by atoms with Gasteiger partial charge in [0, 0.05) is 69.2 Å². The Kier molecular flexibility index (Phi) is 7.76. The Morgan fingerprint density at radius 2 is 1.74 bits per heavy atom. The van der Waals surface area contributed by atoms with E-state index in [0.29, 0.717) is 6.54 Å². The van der Waals surface area contributed by atoms with Crippen LogP contribution in [0.2, 0.25) is 0 Å². The van der Waals surface area contributed by atoms with Crippen LogP contribution < -0.4 is 10.2 Å². The summed E-state index contributed by atoms with van der Waals surface area (Å²) >= 11 is 0. The zero-order valence-corrected chi connectivity index (χ0v) is 22.3. The average molecular weight is 533 g/mol. The van der Waals surface area contributed by atoms with Gasteiger partial charge in [0.05, 0.1) is 11.4 Å². The van der Waals surface area contributed by atoms with E-state index in [4.69, 9.17) is 4.42 Å². The smallest absolute Gasteiger partial charge is 0.287 e. The predicted molar refractivity (Wildman–Crippen MR) is 149 cm³/mol. The van der Waals surface area contributed by atoms with Crippen LogP contribution in [0.3, 0.4) is 0 Å². The highest BCUT2D eigenvalue weighted by Gasteiger charge is 2.21. The molecule has 0 aliphatic carbocycles. The fraction of sp³-hybridized carbons (Fsp3) is 0.310. The van der Waals surface area contributed by atoms with Crippen LogP contribution >= 0.6 is 0 Å². The van der Waals surface area contributed by atoms with E-state index in [0.717, 1.165) is 72.6 Å². The second-order valence-corrected chi connectivity index (χ2v) is 11.9. The van der Waals surface area contributed by atoms with Crippen LogP contribution in [-0.4, -0.2) is 63.2 Å². The van der Waals surface area contributed by atoms with Crippen molar-refractivity contribution in [2.24, 2.45) is 0 Å². The SMILES string of the molecule is CS(=O)(=O)Cc1ccc(CNC(=O)c2cc3cccc(N4CCN(CCc5ccccn5)CC4)c3o2)cc1. The first-order chi connectivity index (χ1) is 18.3. The molecule has 9 heteroatoms. The number of sulfone groups is 1. The fourth-order valence-corrected chi connectivity index (χ4v) is 5.56. The topological polar surface area (TPSA) is 95.8 Å². The molecule has 1 fully saturated rings. The quantitative estimate of drug-likeness (QED) is 0.351. The van der Waals surface area contributed by atoms with Crippen molar-refractivity contribution in [1.29, 1.82) is 0 Å². The number of nitrogens with zero attached hydrogens (tertiary/aromatic N) is 3. The van der Waals surface area contributed by atoms with Gasteiger partial charge in [-0.3, -0.25) is 14.7 Å². The summed E-state index contributed by atoms with van der Waals surface area (Å²) < 4.78 is 29.0. The number of anilines is 1. The van der Waals surface area contributed by atoms with Gasteiger partial charge in [-0.05, 0) is 35.4 Å². The highest BCUT2D eigenvalue weighted by atomic mass is 32.2. The lowest BCUT2D eigenvalue weighted by Crippen LogP contribution is -2.47. The Morgan fingerprint density at radius 1 is 0.974 bits per heavy atom. The molecule has 0 radical (unpaired) electrons. The number of piperazine rings is 1. The zero-order chi connectivity index (χ0) is 26.5. The Labute approximate surface area is 223 Å². The van der Waals surface area contributed by atoms with Gasteiger partial charge in [-0.1, -0.05) is 42.5 Å². The molecule has 1 N–H and O–H groups in total. The molecule has 198 valence electrons. The Morgan fingerprint density at radius 3 is 2.45 bits per heavy atom. The Hall–Kier alpha value is -3.69. The molecule has 0 saturated carbocycles. The molecule has 1 saturated heterocycles. The number of aromatic nitrogens is 1. The number of hydrogen-bond donors (Lipinski definition) is 1. The summed E-state index contributed by atoms with van der Waals surface area (Å²) in [5.41, 5.74) is 4.46. The molecule has 0 unspecified atom stereocenters. The maximum atomic E-state index is 12.9. The van der Waals surface area contributed by atoms with Crippen LogP contribution in [0.25, 0.3) is 11.0 Å². The lowest BCUT2D eigenvalue weighted by atomic mass is 10.1. The van der Waals surface area contributed by atoms with Gasteiger partial charge in [-0.15, -0.1) is 0 Å². The van der Waals surface area contributed by atoms with Crippen LogP contribution in [0.15, 0.2) is 77.3 Å². The standard InChI is InChI=1S/C29H32N4O4S/c1-38(35,36)21-23-10-8-22(9-11-23)20-31-29(34)27-19-24-5-4-7-26(28(24)37-27)33-17-15-32(16-18-33)14-12-25-6-2-3-13-30-25/h2-11,13,19H,12,14-18,20-21H2,1H3,(H,31,34). The summed E-state index contributed by atoms with van der Waals surface area (Å²) in [7, 11) is -3.08. The van der Waals surface area contributed by atoms with Crippen LogP contribution in [0.4, 0.5) is 5.69 Å².